The highest BCUT2D eigenvalue weighted by Gasteiger charge is 2.32. The number of hydrogen-bond acceptors (Lipinski definition) is 3. The topological polar surface area (TPSA) is 72.9 Å². The molecule has 2 rings (SSSR count). The molecule has 6 heteroatoms. The number of halogens is 1. The summed E-state index contributed by atoms with van der Waals surface area (Å²) in [6.45, 7) is 10.9. The van der Waals surface area contributed by atoms with Gasteiger partial charge in [-0.15, -0.1) is 12.4 Å². The molecule has 1 saturated carbocycles. The van der Waals surface area contributed by atoms with Crippen LogP contribution in [-0.2, 0) is 5.54 Å². The fourth-order valence-corrected chi connectivity index (χ4v) is 2.56. The van der Waals surface area contributed by atoms with E-state index in [9.17, 15) is 4.79 Å². The van der Waals surface area contributed by atoms with Crippen molar-refractivity contribution in [1.82, 2.24) is 15.1 Å². The second kappa shape index (κ2) is 7.22. The van der Waals surface area contributed by atoms with Gasteiger partial charge in [-0.05, 0) is 52.5 Å². The molecular formula is C17H31ClN4O. The lowest BCUT2D eigenvalue weighted by molar-refractivity contribution is 0.0935. The van der Waals surface area contributed by atoms with Crippen molar-refractivity contribution in [3.63, 3.8) is 0 Å². The Morgan fingerprint density at radius 2 is 1.91 bits per heavy atom. The van der Waals surface area contributed by atoms with Crippen LogP contribution in [0.4, 0.5) is 0 Å². The van der Waals surface area contributed by atoms with Gasteiger partial charge in [0.15, 0.2) is 0 Å². The van der Waals surface area contributed by atoms with Crippen molar-refractivity contribution in [2.24, 2.45) is 5.73 Å². The zero-order chi connectivity index (χ0) is 16.5. The van der Waals surface area contributed by atoms with Gasteiger partial charge >= 0.3 is 0 Å². The lowest BCUT2D eigenvalue weighted by Gasteiger charge is -2.26. The van der Waals surface area contributed by atoms with Crippen molar-refractivity contribution in [3.05, 3.63) is 17.5 Å². The Balaban J connectivity index is 0.00000264. The zero-order valence-electron chi connectivity index (χ0n) is 15.0. The van der Waals surface area contributed by atoms with E-state index in [4.69, 9.17) is 5.73 Å². The zero-order valence-corrected chi connectivity index (χ0v) is 15.8. The molecule has 0 aliphatic heterocycles. The Labute approximate surface area is 145 Å². The molecule has 5 nitrogen and oxygen atoms in total. The van der Waals surface area contributed by atoms with Crippen LogP contribution in [0, 0.1) is 0 Å². The number of carbonyl (C=O) groups excluding carboxylic acids is 1. The fourth-order valence-electron chi connectivity index (χ4n) is 2.56. The molecule has 1 fully saturated rings. The van der Waals surface area contributed by atoms with Crippen LogP contribution in [-0.4, -0.2) is 27.8 Å². The van der Waals surface area contributed by atoms with Crippen LogP contribution in [0.3, 0.4) is 0 Å². The molecule has 0 aromatic carbocycles. The van der Waals surface area contributed by atoms with E-state index in [1.165, 1.54) is 18.5 Å². The maximum atomic E-state index is 12.4. The number of nitrogens with zero attached hydrogens (tertiary/aromatic N) is 2. The summed E-state index contributed by atoms with van der Waals surface area (Å²) < 4.78 is 2.01. The minimum absolute atomic E-state index is 0. The normalized spacial score (nSPS) is 15.2. The first kappa shape index (κ1) is 20.0. The maximum Gasteiger partial charge on any atom is 0.271 e. The van der Waals surface area contributed by atoms with Gasteiger partial charge in [0.2, 0.25) is 0 Å². The molecule has 0 spiro atoms. The standard InChI is InChI=1S/C17H30N4O.ClH/c1-6-17(18,7-2)11-19-15(22)13-10-14(12-8-9-12)21(20-13)16(3,4)5;/h10,12H,6-9,11,18H2,1-5H3,(H,19,22);1H. The molecule has 0 saturated heterocycles. The van der Waals surface area contributed by atoms with Crippen LogP contribution in [0.1, 0.15) is 82.4 Å². The summed E-state index contributed by atoms with van der Waals surface area (Å²) in [5, 5.41) is 7.51. The summed E-state index contributed by atoms with van der Waals surface area (Å²) in [7, 11) is 0. The van der Waals surface area contributed by atoms with Gasteiger partial charge in [0, 0.05) is 23.7 Å². The molecule has 1 amide bonds. The first-order chi connectivity index (χ1) is 10.2. The van der Waals surface area contributed by atoms with E-state index in [1.807, 2.05) is 10.7 Å². The third kappa shape index (κ3) is 4.70. The Morgan fingerprint density at radius 3 is 2.35 bits per heavy atom. The molecule has 23 heavy (non-hydrogen) atoms. The monoisotopic (exact) mass is 342 g/mol. The van der Waals surface area contributed by atoms with Gasteiger partial charge in [0.25, 0.3) is 5.91 Å². The number of amides is 1. The number of nitrogens with two attached hydrogens (primary N) is 1. The van der Waals surface area contributed by atoms with Crippen molar-refractivity contribution in [1.29, 1.82) is 0 Å². The molecule has 0 unspecified atom stereocenters. The molecule has 0 radical (unpaired) electrons. The lowest BCUT2D eigenvalue weighted by Crippen LogP contribution is -2.49. The van der Waals surface area contributed by atoms with Gasteiger partial charge < -0.3 is 11.1 Å². The van der Waals surface area contributed by atoms with Gasteiger partial charge in [-0.25, -0.2) is 0 Å². The number of hydrogen-bond donors (Lipinski definition) is 2. The molecule has 1 aliphatic rings. The highest BCUT2D eigenvalue weighted by molar-refractivity contribution is 5.92. The summed E-state index contributed by atoms with van der Waals surface area (Å²) in [5.74, 6) is 0.440. The summed E-state index contributed by atoms with van der Waals surface area (Å²) in [6, 6.07) is 1.95. The van der Waals surface area contributed by atoms with Crippen LogP contribution >= 0.6 is 12.4 Å². The van der Waals surface area contributed by atoms with E-state index in [-0.39, 0.29) is 29.4 Å². The first-order valence-corrected chi connectivity index (χ1v) is 8.37. The van der Waals surface area contributed by atoms with Crippen molar-refractivity contribution >= 4 is 18.3 Å². The summed E-state index contributed by atoms with van der Waals surface area (Å²) >= 11 is 0. The largest absolute Gasteiger partial charge is 0.349 e. The van der Waals surface area contributed by atoms with Gasteiger partial charge in [-0.3, -0.25) is 9.48 Å². The second-order valence-corrected chi connectivity index (χ2v) is 7.56. The van der Waals surface area contributed by atoms with Crippen LogP contribution in [0.2, 0.25) is 0 Å². The van der Waals surface area contributed by atoms with E-state index in [0.717, 1.165) is 12.8 Å². The van der Waals surface area contributed by atoms with Crippen LogP contribution in [0.5, 0.6) is 0 Å². The fraction of sp³-hybridized carbons (Fsp3) is 0.765. The van der Waals surface area contributed by atoms with Crippen LogP contribution in [0.15, 0.2) is 6.07 Å². The van der Waals surface area contributed by atoms with Gasteiger partial charge in [-0.1, -0.05) is 13.8 Å². The second-order valence-electron chi connectivity index (χ2n) is 7.56. The molecule has 3 N–H and O–H groups in total. The van der Waals surface area contributed by atoms with Crippen LogP contribution < -0.4 is 11.1 Å². The Morgan fingerprint density at radius 1 is 1.35 bits per heavy atom. The minimum atomic E-state index is -0.332. The maximum absolute atomic E-state index is 12.4. The average Bonchev–Trinajstić information content (AvgIpc) is 3.21. The van der Waals surface area contributed by atoms with E-state index in [0.29, 0.717) is 18.2 Å². The molecule has 0 atom stereocenters. The van der Waals surface area contributed by atoms with Crippen molar-refractivity contribution in [2.45, 2.75) is 77.3 Å². The summed E-state index contributed by atoms with van der Waals surface area (Å²) in [6.07, 6.45) is 4.07. The minimum Gasteiger partial charge on any atom is -0.349 e. The Hall–Kier alpha value is -1.07. The Bertz CT molecular complexity index is 539. The molecule has 132 valence electrons. The Kier molecular flexibility index (Phi) is 6.27. The molecule has 0 bridgehead atoms. The molecule has 1 aromatic heterocycles. The number of carbonyl (C=O) groups is 1. The molecule has 1 aliphatic carbocycles. The number of rotatable bonds is 6. The van der Waals surface area contributed by atoms with Gasteiger partial charge in [0.1, 0.15) is 5.69 Å². The van der Waals surface area contributed by atoms with Gasteiger partial charge in [0.05, 0.1) is 5.54 Å². The molecule has 1 heterocycles. The lowest BCUT2D eigenvalue weighted by atomic mass is 9.94. The smallest absolute Gasteiger partial charge is 0.271 e. The third-order valence-corrected chi connectivity index (χ3v) is 4.61. The summed E-state index contributed by atoms with van der Waals surface area (Å²) in [4.78, 5) is 12.4. The third-order valence-electron chi connectivity index (χ3n) is 4.61. The van der Waals surface area contributed by atoms with E-state index < -0.39 is 0 Å². The van der Waals surface area contributed by atoms with E-state index in [1.54, 1.807) is 0 Å². The van der Waals surface area contributed by atoms with Gasteiger partial charge in [-0.2, -0.15) is 5.10 Å². The SMILES string of the molecule is CCC(N)(CC)CNC(=O)c1cc(C2CC2)n(C(C)(C)C)n1.Cl. The first-order valence-electron chi connectivity index (χ1n) is 8.37. The number of nitrogens with one attached hydrogen (secondary N) is 1. The highest BCUT2D eigenvalue weighted by atomic mass is 35.5. The van der Waals surface area contributed by atoms with Crippen molar-refractivity contribution in [3.8, 4) is 0 Å². The molecule has 1 aromatic rings. The number of aromatic nitrogens is 2. The van der Waals surface area contributed by atoms with E-state index >= 15 is 0 Å². The van der Waals surface area contributed by atoms with Crippen LogP contribution in [0.25, 0.3) is 0 Å². The predicted octanol–water partition coefficient (Wildman–Crippen LogP) is 3.18. The quantitative estimate of drug-likeness (QED) is 0.833. The van der Waals surface area contributed by atoms with E-state index in [2.05, 4.69) is 45.0 Å². The highest BCUT2D eigenvalue weighted by Crippen LogP contribution is 2.41. The predicted molar refractivity (Wildman–Crippen MR) is 96.3 cm³/mol. The van der Waals surface area contributed by atoms with Crippen molar-refractivity contribution < 1.29 is 4.79 Å². The average molecular weight is 343 g/mol. The van der Waals surface area contributed by atoms with Crippen molar-refractivity contribution in [2.75, 3.05) is 6.54 Å². The molecular weight excluding hydrogens is 312 g/mol. The summed E-state index contributed by atoms with van der Waals surface area (Å²) in [5.41, 5.74) is 7.49.